The number of anilines is 1. The van der Waals surface area contributed by atoms with E-state index in [0.717, 1.165) is 63.5 Å². The zero-order chi connectivity index (χ0) is 21.3. The number of carbonyl (C=O) groups is 2. The Balaban J connectivity index is 0.00000341. The fraction of sp³-hybridized carbons (Fsp3) is 0.609. The number of piperidine rings is 1. The van der Waals surface area contributed by atoms with Crippen molar-refractivity contribution in [3.8, 4) is 0 Å². The van der Waals surface area contributed by atoms with Gasteiger partial charge in [0, 0.05) is 44.8 Å². The van der Waals surface area contributed by atoms with E-state index in [1.807, 2.05) is 30.0 Å². The number of ether oxygens (including phenoxy) is 1. The highest BCUT2D eigenvalue weighted by atomic mass is 127. The highest BCUT2D eigenvalue weighted by Gasteiger charge is 2.27. The molecule has 1 aromatic carbocycles. The number of esters is 1. The molecule has 1 aromatic rings. The van der Waals surface area contributed by atoms with Crippen LogP contribution in [0.4, 0.5) is 5.69 Å². The minimum absolute atomic E-state index is 0. The quantitative estimate of drug-likeness (QED) is 0.188. The second kappa shape index (κ2) is 12.9. The smallest absolute Gasteiger partial charge is 0.309 e. The molecule has 2 aliphatic heterocycles. The lowest BCUT2D eigenvalue weighted by atomic mass is 9.97. The van der Waals surface area contributed by atoms with Gasteiger partial charge in [-0.25, -0.2) is 0 Å². The number of fused-ring (bicyclic) bond motifs is 1. The first-order valence-corrected chi connectivity index (χ1v) is 11.2. The van der Waals surface area contributed by atoms with Gasteiger partial charge in [-0.3, -0.25) is 14.6 Å². The summed E-state index contributed by atoms with van der Waals surface area (Å²) in [5.74, 6) is 0.959. The van der Waals surface area contributed by atoms with Gasteiger partial charge in [0.25, 0.3) is 0 Å². The third-order valence-electron chi connectivity index (χ3n) is 5.75. The number of guanidine groups is 1. The Hall–Kier alpha value is -1.84. The summed E-state index contributed by atoms with van der Waals surface area (Å²) < 4.78 is 5.15. The fourth-order valence-corrected chi connectivity index (χ4v) is 4.16. The van der Waals surface area contributed by atoms with E-state index >= 15 is 0 Å². The molecule has 0 spiro atoms. The van der Waals surface area contributed by atoms with Gasteiger partial charge in [-0.05, 0) is 51.2 Å². The number of para-hydroxylation sites is 1. The van der Waals surface area contributed by atoms with Crippen LogP contribution >= 0.6 is 24.0 Å². The van der Waals surface area contributed by atoms with Crippen molar-refractivity contribution in [2.24, 2.45) is 10.9 Å². The molecule has 1 fully saturated rings. The summed E-state index contributed by atoms with van der Waals surface area (Å²) in [4.78, 5) is 33.4. The largest absolute Gasteiger partial charge is 0.466 e. The molecule has 0 radical (unpaired) electrons. The number of rotatable bonds is 7. The summed E-state index contributed by atoms with van der Waals surface area (Å²) >= 11 is 0. The predicted molar refractivity (Wildman–Crippen MR) is 134 cm³/mol. The van der Waals surface area contributed by atoms with Crippen LogP contribution in [0.25, 0.3) is 0 Å². The molecule has 1 amide bonds. The maximum Gasteiger partial charge on any atom is 0.309 e. The van der Waals surface area contributed by atoms with Crippen molar-refractivity contribution in [1.29, 1.82) is 0 Å². The SMILES string of the molecule is CCNC(=NCCCC(=O)N1CCc2ccccc21)N1CCC(C(=O)OCC)CC1.I. The fourth-order valence-electron chi connectivity index (χ4n) is 4.16. The molecule has 0 aromatic heterocycles. The van der Waals surface area contributed by atoms with Crippen LogP contribution in [-0.2, 0) is 20.7 Å². The molecular weight excluding hydrogens is 507 g/mol. The van der Waals surface area contributed by atoms with E-state index in [-0.39, 0.29) is 41.8 Å². The Labute approximate surface area is 202 Å². The number of nitrogens with zero attached hydrogens (tertiary/aromatic N) is 3. The summed E-state index contributed by atoms with van der Waals surface area (Å²) in [6.07, 6.45) is 3.74. The maximum absolute atomic E-state index is 12.6. The average molecular weight is 542 g/mol. The molecule has 0 aliphatic carbocycles. The summed E-state index contributed by atoms with van der Waals surface area (Å²) in [7, 11) is 0. The Bertz CT molecular complexity index is 763. The van der Waals surface area contributed by atoms with Gasteiger partial charge in [-0.2, -0.15) is 0 Å². The van der Waals surface area contributed by atoms with Gasteiger partial charge in [0.1, 0.15) is 0 Å². The molecule has 0 unspecified atom stereocenters. The van der Waals surface area contributed by atoms with Gasteiger partial charge < -0.3 is 19.9 Å². The highest BCUT2D eigenvalue weighted by Crippen LogP contribution is 2.28. The minimum Gasteiger partial charge on any atom is -0.466 e. The molecular formula is C23H35IN4O3. The van der Waals surface area contributed by atoms with Crippen LogP contribution < -0.4 is 10.2 Å². The molecule has 172 valence electrons. The molecule has 0 bridgehead atoms. The minimum atomic E-state index is -0.0823. The third-order valence-corrected chi connectivity index (χ3v) is 5.75. The first-order valence-electron chi connectivity index (χ1n) is 11.2. The second-order valence-corrected chi connectivity index (χ2v) is 7.78. The van der Waals surface area contributed by atoms with E-state index in [4.69, 9.17) is 9.73 Å². The summed E-state index contributed by atoms with van der Waals surface area (Å²) in [6.45, 7) is 8.09. The normalized spacial score (nSPS) is 16.5. The molecule has 7 nitrogen and oxygen atoms in total. The van der Waals surface area contributed by atoms with Crippen LogP contribution in [0.2, 0.25) is 0 Å². The average Bonchev–Trinajstić information content (AvgIpc) is 3.20. The Morgan fingerprint density at radius 3 is 2.61 bits per heavy atom. The topological polar surface area (TPSA) is 74.2 Å². The standard InChI is InChI=1S/C23H34N4O3.HI/c1-3-24-23(26-15-11-19(12-16-26)22(29)30-4-2)25-14-7-10-21(28)27-17-13-18-8-5-6-9-20(18)27;/h5-6,8-9,19H,3-4,7,10-17H2,1-2H3,(H,24,25);1H. The monoisotopic (exact) mass is 542 g/mol. The Morgan fingerprint density at radius 2 is 1.90 bits per heavy atom. The zero-order valence-electron chi connectivity index (χ0n) is 18.6. The Morgan fingerprint density at radius 1 is 1.16 bits per heavy atom. The van der Waals surface area contributed by atoms with Crippen molar-refractivity contribution < 1.29 is 14.3 Å². The first kappa shape index (κ1) is 25.4. The molecule has 1 saturated heterocycles. The number of aliphatic imine (C=N–C) groups is 1. The van der Waals surface area contributed by atoms with Crippen LogP contribution in [0, 0.1) is 5.92 Å². The van der Waals surface area contributed by atoms with Gasteiger partial charge in [-0.15, -0.1) is 24.0 Å². The summed E-state index contributed by atoms with van der Waals surface area (Å²) in [5, 5.41) is 3.34. The van der Waals surface area contributed by atoms with Crippen LogP contribution in [0.1, 0.15) is 45.1 Å². The Kier molecular flexibility index (Phi) is 10.6. The number of hydrogen-bond acceptors (Lipinski definition) is 4. The van der Waals surface area contributed by atoms with Gasteiger partial charge in [-0.1, -0.05) is 18.2 Å². The van der Waals surface area contributed by atoms with Crippen molar-refractivity contribution in [1.82, 2.24) is 10.2 Å². The first-order chi connectivity index (χ1) is 14.6. The van der Waals surface area contributed by atoms with Crippen LogP contribution in [0.15, 0.2) is 29.3 Å². The number of amides is 1. The van der Waals surface area contributed by atoms with Crippen LogP contribution in [0.3, 0.4) is 0 Å². The van der Waals surface area contributed by atoms with E-state index in [9.17, 15) is 9.59 Å². The second-order valence-electron chi connectivity index (χ2n) is 7.78. The van der Waals surface area contributed by atoms with Crippen LogP contribution in [0.5, 0.6) is 0 Å². The number of halogens is 1. The van der Waals surface area contributed by atoms with Crippen molar-refractivity contribution in [2.75, 3.05) is 44.2 Å². The predicted octanol–water partition coefficient (Wildman–Crippen LogP) is 3.21. The highest BCUT2D eigenvalue weighted by molar-refractivity contribution is 14.0. The molecule has 2 aliphatic rings. The van der Waals surface area contributed by atoms with Crippen molar-refractivity contribution >= 4 is 47.5 Å². The van der Waals surface area contributed by atoms with E-state index in [1.165, 1.54) is 5.56 Å². The van der Waals surface area contributed by atoms with Crippen molar-refractivity contribution in [3.63, 3.8) is 0 Å². The van der Waals surface area contributed by atoms with Gasteiger partial charge in [0.15, 0.2) is 5.96 Å². The maximum atomic E-state index is 12.6. The molecule has 8 heteroatoms. The molecule has 31 heavy (non-hydrogen) atoms. The number of nitrogens with one attached hydrogen (secondary N) is 1. The lowest BCUT2D eigenvalue weighted by Crippen LogP contribution is -2.46. The van der Waals surface area contributed by atoms with E-state index < -0.39 is 0 Å². The summed E-state index contributed by atoms with van der Waals surface area (Å²) in [6, 6.07) is 8.14. The molecule has 0 atom stereocenters. The number of hydrogen-bond donors (Lipinski definition) is 1. The van der Waals surface area contributed by atoms with E-state index in [2.05, 4.69) is 23.2 Å². The number of likely N-dealkylation sites (tertiary alicyclic amines) is 1. The van der Waals surface area contributed by atoms with E-state index in [0.29, 0.717) is 19.6 Å². The van der Waals surface area contributed by atoms with Crippen LogP contribution in [-0.4, -0.2) is 62.1 Å². The van der Waals surface area contributed by atoms with Gasteiger partial charge in [0.2, 0.25) is 5.91 Å². The van der Waals surface area contributed by atoms with Gasteiger partial charge in [0.05, 0.1) is 12.5 Å². The number of benzene rings is 1. The summed E-state index contributed by atoms with van der Waals surface area (Å²) in [5.41, 5.74) is 2.31. The number of carbonyl (C=O) groups excluding carboxylic acids is 2. The van der Waals surface area contributed by atoms with E-state index in [1.54, 1.807) is 0 Å². The zero-order valence-corrected chi connectivity index (χ0v) is 21.0. The van der Waals surface area contributed by atoms with Crippen molar-refractivity contribution in [2.45, 2.75) is 46.0 Å². The lowest BCUT2D eigenvalue weighted by Gasteiger charge is -2.33. The molecule has 3 rings (SSSR count). The van der Waals surface area contributed by atoms with Gasteiger partial charge >= 0.3 is 5.97 Å². The molecule has 0 saturated carbocycles. The lowest BCUT2D eigenvalue weighted by molar-refractivity contribution is -0.149. The van der Waals surface area contributed by atoms with Crippen molar-refractivity contribution in [3.05, 3.63) is 29.8 Å². The molecule has 2 heterocycles. The third kappa shape index (κ3) is 6.82. The molecule has 1 N–H and O–H groups in total.